The van der Waals surface area contributed by atoms with Gasteiger partial charge in [-0.1, -0.05) is 34.1 Å². The van der Waals surface area contributed by atoms with Gasteiger partial charge in [0.05, 0.1) is 12.4 Å². The maximum Gasteiger partial charge on any atom is 0.160 e. The van der Waals surface area contributed by atoms with Crippen molar-refractivity contribution in [3.05, 3.63) is 41.1 Å². The van der Waals surface area contributed by atoms with Crippen molar-refractivity contribution in [3.63, 3.8) is 0 Å². The van der Waals surface area contributed by atoms with Gasteiger partial charge in [-0.3, -0.25) is 5.73 Å². The zero-order valence-electron chi connectivity index (χ0n) is 9.30. The predicted molar refractivity (Wildman–Crippen MR) is 69.4 cm³/mol. The Kier molecular flexibility index (Phi) is 3.71. The van der Waals surface area contributed by atoms with Gasteiger partial charge in [0.1, 0.15) is 6.23 Å². The van der Waals surface area contributed by atoms with Gasteiger partial charge in [0.15, 0.2) is 11.6 Å². The molecule has 0 radical (unpaired) electrons. The van der Waals surface area contributed by atoms with Crippen LogP contribution in [0, 0.1) is 0 Å². The molecule has 5 heteroatoms. The Morgan fingerprint density at radius 2 is 1.88 bits per heavy atom. The van der Waals surface area contributed by atoms with E-state index in [2.05, 4.69) is 25.9 Å². The quantitative estimate of drug-likeness (QED) is 0.884. The van der Waals surface area contributed by atoms with Gasteiger partial charge in [-0.15, -0.1) is 0 Å². The molecule has 2 N–H and O–H groups in total. The van der Waals surface area contributed by atoms with E-state index in [1.54, 1.807) is 19.3 Å². The smallest absolute Gasteiger partial charge is 0.160 e. The van der Waals surface area contributed by atoms with Crippen LogP contribution in [0.2, 0.25) is 0 Å². The summed E-state index contributed by atoms with van der Waals surface area (Å²) in [6.07, 6.45) is 2.86. The second-order valence-electron chi connectivity index (χ2n) is 3.55. The first-order valence-electron chi connectivity index (χ1n) is 5.16. The van der Waals surface area contributed by atoms with Crippen molar-refractivity contribution < 1.29 is 4.74 Å². The highest BCUT2D eigenvalue weighted by molar-refractivity contribution is 9.10. The fourth-order valence-corrected chi connectivity index (χ4v) is 1.84. The van der Waals surface area contributed by atoms with Gasteiger partial charge in [0.25, 0.3) is 0 Å². The van der Waals surface area contributed by atoms with Crippen LogP contribution in [0.3, 0.4) is 0 Å². The minimum absolute atomic E-state index is 0.368. The molecule has 1 aromatic carbocycles. The molecule has 1 aromatic heterocycles. The summed E-state index contributed by atoms with van der Waals surface area (Å²) in [5.74, 6) is 1.21. The summed E-state index contributed by atoms with van der Waals surface area (Å²) < 4.78 is 6.24. The Morgan fingerprint density at radius 1 is 1.24 bits per heavy atom. The number of nitrogens with zero attached hydrogens (tertiary/aromatic N) is 2. The predicted octanol–water partition coefficient (Wildman–Crippen LogP) is 2.59. The number of nitrogens with two attached hydrogens (primary N) is 1. The Morgan fingerprint density at radius 3 is 2.47 bits per heavy atom. The van der Waals surface area contributed by atoms with Crippen molar-refractivity contribution in [1.82, 2.24) is 9.97 Å². The molecule has 1 atom stereocenters. The summed E-state index contributed by atoms with van der Waals surface area (Å²) in [4.78, 5) is 8.48. The average molecular weight is 294 g/mol. The molecule has 88 valence electrons. The van der Waals surface area contributed by atoms with Gasteiger partial charge in [-0.05, 0) is 13.0 Å². The molecule has 17 heavy (non-hydrogen) atoms. The maximum absolute atomic E-state index is 5.51. The van der Waals surface area contributed by atoms with Crippen molar-refractivity contribution in [2.24, 2.45) is 5.73 Å². The van der Waals surface area contributed by atoms with Gasteiger partial charge in [0, 0.05) is 10.0 Å². The molecular weight excluding hydrogens is 282 g/mol. The molecule has 0 saturated heterocycles. The summed E-state index contributed by atoms with van der Waals surface area (Å²) in [7, 11) is 0. The third-order valence-corrected chi connectivity index (χ3v) is 2.76. The van der Waals surface area contributed by atoms with Crippen LogP contribution in [0.5, 0.6) is 5.75 Å². The number of hydrogen-bond donors (Lipinski definition) is 1. The Hall–Kier alpha value is -1.46. The minimum Gasteiger partial charge on any atom is -0.473 e. The molecule has 0 spiro atoms. The first-order chi connectivity index (χ1) is 8.16. The fraction of sp³-hybridized carbons (Fsp3) is 0.167. The molecule has 0 amide bonds. The molecule has 1 unspecified atom stereocenters. The number of hydrogen-bond acceptors (Lipinski definition) is 4. The lowest BCUT2D eigenvalue weighted by Crippen LogP contribution is -2.22. The molecule has 0 bridgehead atoms. The van der Waals surface area contributed by atoms with Gasteiger partial charge < -0.3 is 4.74 Å². The summed E-state index contributed by atoms with van der Waals surface area (Å²) >= 11 is 3.46. The van der Waals surface area contributed by atoms with E-state index in [-0.39, 0.29) is 6.23 Å². The molecule has 2 aromatic rings. The SMILES string of the molecule is CC(N)Oc1cnc(-c2ccccc2Br)nc1. The van der Waals surface area contributed by atoms with Crippen molar-refractivity contribution >= 4 is 15.9 Å². The fourth-order valence-electron chi connectivity index (χ4n) is 1.37. The summed E-state index contributed by atoms with van der Waals surface area (Å²) in [6, 6.07) is 7.79. The molecule has 0 aliphatic heterocycles. The van der Waals surface area contributed by atoms with Gasteiger partial charge in [-0.2, -0.15) is 0 Å². The number of aromatic nitrogens is 2. The van der Waals surface area contributed by atoms with Crippen molar-refractivity contribution in [3.8, 4) is 17.1 Å². The van der Waals surface area contributed by atoms with E-state index >= 15 is 0 Å². The third-order valence-electron chi connectivity index (χ3n) is 2.06. The summed E-state index contributed by atoms with van der Waals surface area (Å²) in [6.45, 7) is 1.75. The van der Waals surface area contributed by atoms with E-state index < -0.39 is 0 Å². The van der Waals surface area contributed by atoms with E-state index in [9.17, 15) is 0 Å². The van der Waals surface area contributed by atoms with Crippen molar-refractivity contribution in [1.29, 1.82) is 0 Å². The lowest BCUT2D eigenvalue weighted by molar-refractivity contribution is 0.228. The van der Waals surface area contributed by atoms with Crippen molar-refractivity contribution in [2.45, 2.75) is 13.2 Å². The topological polar surface area (TPSA) is 61.0 Å². The largest absolute Gasteiger partial charge is 0.473 e. The second kappa shape index (κ2) is 5.25. The zero-order chi connectivity index (χ0) is 12.3. The Labute approximate surface area is 108 Å². The monoisotopic (exact) mass is 293 g/mol. The molecular formula is C12H12BrN3O. The molecule has 0 fully saturated rings. The molecule has 1 heterocycles. The molecule has 0 aliphatic carbocycles. The van der Waals surface area contributed by atoms with Crippen molar-refractivity contribution in [2.75, 3.05) is 0 Å². The molecule has 4 nitrogen and oxygen atoms in total. The molecule has 2 rings (SSSR count). The van der Waals surface area contributed by atoms with E-state index in [0.29, 0.717) is 11.6 Å². The highest BCUT2D eigenvalue weighted by atomic mass is 79.9. The van der Waals surface area contributed by atoms with Gasteiger partial charge >= 0.3 is 0 Å². The van der Waals surface area contributed by atoms with E-state index in [0.717, 1.165) is 10.0 Å². The number of halogens is 1. The normalized spacial score (nSPS) is 12.2. The summed E-state index contributed by atoms with van der Waals surface area (Å²) in [5.41, 5.74) is 6.46. The van der Waals surface area contributed by atoms with Gasteiger partial charge in [-0.25, -0.2) is 9.97 Å². The minimum atomic E-state index is -0.368. The first kappa shape index (κ1) is 12.0. The molecule has 0 saturated carbocycles. The van der Waals surface area contributed by atoms with Crippen LogP contribution in [0.4, 0.5) is 0 Å². The van der Waals surface area contributed by atoms with Gasteiger partial charge in [0.2, 0.25) is 0 Å². The average Bonchev–Trinajstić information content (AvgIpc) is 2.30. The van der Waals surface area contributed by atoms with Crippen LogP contribution in [0.15, 0.2) is 41.1 Å². The van der Waals surface area contributed by atoms with Crippen LogP contribution in [0.1, 0.15) is 6.92 Å². The first-order valence-corrected chi connectivity index (χ1v) is 5.95. The number of ether oxygens (including phenoxy) is 1. The molecule has 0 aliphatic rings. The van der Waals surface area contributed by atoms with Crippen LogP contribution in [-0.4, -0.2) is 16.2 Å². The van der Waals surface area contributed by atoms with Crippen LogP contribution >= 0.6 is 15.9 Å². The van der Waals surface area contributed by atoms with E-state index in [4.69, 9.17) is 10.5 Å². The highest BCUT2D eigenvalue weighted by Gasteiger charge is 2.06. The van der Waals surface area contributed by atoms with Crippen LogP contribution in [0.25, 0.3) is 11.4 Å². The summed E-state index contributed by atoms with van der Waals surface area (Å²) in [5, 5.41) is 0. The van der Waals surface area contributed by atoms with E-state index in [1.165, 1.54) is 0 Å². The lowest BCUT2D eigenvalue weighted by Gasteiger charge is -2.09. The van der Waals surface area contributed by atoms with Crippen LogP contribution in [-0.2, 0) is 0 Å². The highest BCUT2D eigenvalue weighted by Crippen LogP contribution is 2.25. The number of rotatable bonds is 3. The van der Waals surface area contributed by atoms with E-state index in [1.807, 2.05) is 24.3 Å². The standard InChI is InChI=1S/C12H12BrN3O/c1-8(14)17-9-6-15-12(16-7-9)10-4-2-3-5-11(10)13/h2-8H,14H2,1H3. The Bertz CT molecular complexity index is 499. The van der Waals surface area contributed by atoms with Crippen LogP contribution < -0.4 is 10.5 Å². The second-order valence-corrected chi connectivity index (χ2v) is 4.40. The third kappa shape index (κ3) is 3.01. The maximum atomic E-state index is 5.51. The lowest BCUT2D eigenvalue weighted by atomic mass is 10.2. The zero-order valence-corrected chi connectivity index (χ0v) is 10.9. The number of benzene rings is 1. The Balaban J connectivity index is 2.27.